The van der Waals surface area contributed by atoms with Crippen molar-refractivity contribution in [2.24, 2.45) is 0 Å². The van der Waals surface area contributed by atoms with E-state index < -0.39 is 0 Å². The summed E-state index contributed by atoms with van der Waals surface area (Å²) in [6.07, 6.45) is 3.93. The molecule has 0 aliphatic carbocycles. The zero-order chi connectivity index (χ0) is 15.9. The summed E-state index contributed by atoms with van der Waals surface area (Å²) in [4.78, 5) is 9.27. The zero-order valence-electron chi connectivity index (χ0n) is 13.5. The largest absolute Gasteiger partial charge is 0.491 e. The number of ether oxygens (including phenoxy) is 1. The minimum Gasteiger partial charge on any atom is -0.491 e. The molecular weight excluding hydrogens is 278 g/mol. The Morgan fingerprint density at radius 1 is 1.32 bits per heavy atom. The first-order chi connectivity index (χ1) is 10.5. The Labute approximate surface area is 130 Å². The van der Waals surface area contributed by atoms with Crippen LogP contribution in [0.25, 0.3) is 17.1 Å². The van der Waals surface area contributed by atoms with E-state index in [2.05, 4.69) is 35.1 Å². The van der Waals surface area contributed by atoms with Crippen molar-refractivity contribution in [2.75, 3.05) is 6.61 Å². The monoisotopic (exact) mass is 299 g/mol. The highest BCUT2D eigenvalue weighted by Gasteiger charge is 2.22. The van der Waals surface area contributed by atoms with Crippen LogP contribution in [0.1, 0.15) is 38.5 Å². The molecule has 22 heavy (non-hydrogen) atoms. The molecule has 0 saturated heterocycles. The third kappa shape index (κ3) is 2.34. The van der Waals surface area contributed by atoms with Gasteiger partial charge in [-0.1, -0.05) is 6.58 Å². The number of aryl methyl sites for hydroxylation is 1. The first-order valence-corrected chi connectivity index (χ1v) is 7.50. The second kappa shape index (κ2) is 5.44. The van der Waals surface area contributed by atoms with E-state index in [0.29, 0.717) is 6.61 Å². The second-order valence-corrected chi connectivity index (χ2v) is 5.64. The van der Waals surface area contributed by atoms with E-state index in [1.165, 1.54) is 0 Å². The van der Waals surface area contributed by atoms with Gasteiger partial charge in [-0.05, 0) is 33.8 Å². The van der Waals surface area contributed by atoms with Crippen LogP contribution in [0.5, 0.6) is 0 Å². The maximum Gasteiger partial charge on any atom is 0.178 e. The Balaban J connectivity index is 2.09. The van der Waals surface area contributed by atoms with Gasteiger partial charge in [-0.2, -0.15) is 5.10 Å². The van der Waals surface area contributed by atoms with Crippen LogP contribution in [-0.4, -0.2) is 30.9 Å². The molecule has 6 nitrogen and oxygen atoms in total. The molecule has 6 heteroatoms. The summed E-state index contributed by atoms with van der Waals surface area (Å²) >= 11 is 0. The molecule has 2 aromatic rings. The summed E-state index contributed by atoms with van der Waals surface area (Å²) in [6, 6.07) is 0.232. The smallest absolute Gasteiger partial charge is 0.178 e. The molecule has 116 valence electrons. The minimum atomic E-state index is 0.232. The maximum atomic E-state index is 5.68. The van der Waals surface area contributed by atoms with Crippen LogP contribution < -0.4 is 0 Å². The molecule has 1 aliphatic heterocycles. The van der Waals surface area contributed by atoms with E-state index in [1.807, 2.05) is 30.8 Å². The normalized spacial score (nSPS) is 16.8. The summed E-state index contributed by atoms with van der Waals surface area (Å²) in [5.41, 5.74) is 1.63. The van der Waals surface area contributed by atoms with E-state index >= 15 is 0 Å². The molecule has 0 N–H and O–H groups in total. The Morgan fingerprint density at radius 2 is 2.09 bits per heavy atom. The number of fused-ring (bicyclic) bond motifs is 1. The van der Waals surface area contributed by atoms with Gasteiger partial charge < -0.3 is 9.30 Å². The molecule has 0 bridgehead atoms. The number of hydrogen-bond acceptors (Lipinski definition) is 4. The highest BCUT2D eigenvalue weighted by Crippen LogP contribution is 2.28. The number of hydrogen-bond donors (Lipinski definition) is 0. The van der Waals surface area contributed by atoms with E-state index in [9.17, 15) is 0 Å². The number of nitrogens with zero attached hydrogens (tertiary/aromatic N) is 5. The van der Waals surface area contributed by atoms with E-state index in [0.717, 1.165) is 41.0 Å². The average Bonchev–Trinajstić information content (AvgIpc) is 3.03. The van der Waals surface area contributed by atoms with Crippen LogP contribution in [0.2, 0.25) is 0 Å². The first kappa shape index (κ1) is 14.6. The summed E-state index contributed by atoms with van der Waals surface area (Å²) < 4.78 is 9.67. The van der Waals surface area contributed by atoms with Crippen molar-refractivity contribution >= 4 is 5.57 Å². The number of aromatic nitrogens is 5. The van der Waals surface area contributed by atoms with Gasteiger partial charge in [0, 0.05) is 12.2 Å². The fraction of sp³-hybridized carbons (Fsp3) is 0.438. The Kier molecular flexibility index (Phi) is 3.60. The van der Waals surface area contributed by atoms with E-state index in [4.69, 9.17) is 9.72 Å². The molecule has 0 unspecified atom stereocenters. The fourth-order valence-electron chi connectivity index (χ4n) is 2.61. The van der Waals surface area contributed by atoms with Crippen LogP contribution in [0.3, 0.4) is 0 Å². The van der Waals surface area contributed by atoms with Crippen molar-refractivity contribution in [3.8, 4) is 11.5 Å². The summed E-state index contributed by atoms with van der Waals surface area (Å²) in [6.45, 7) is 13.5. The molecule has 0 saturated carbocycles. The lowest BCUT2D eigenvalue weighted by atomic mass is 10.2. The lowest BCUT2D eigenvalue weighted by Crippen LogP contribution is -2.05. The van der Waals surface area contributed by atoms with Gasteiger partial charge in [-0.3, -0.25) is 0 Å². The van der Waals surface area contributed by atoms with Crippen LogP contribution in [0.15, 0.2) is 24.6 Å². The number of rotatable bonds is 2. The van der Waals surface area contributed by atoms with E-state index in [-0.39, 0.29) is 6.04 Å². The summed E-state index contributed by atoms with van der Waals surface area (Å²) in [7, 11) is 0. The molecular formula is C16H21N5O. The summed E-state index contributed by atoms with van der Waals surface area (Å²) in [5, 5.41) is 4.46. The minimum absolute atomic E-state index is 0.232. The molecule has 0 fully saturated rings. The molecule has 0 spiro atoms. The quantitative estimate of drug-likeness (QED) is 0.855. The molecule has 0 aromatic carbocycles. The van der Waals surface area contributed by atoms with Crippen LogP contribution in [0, 0.1) is 6.92 Å². The third-order valence-corrected chi connectivity index (χ3v) is 3.65. The van der Waals surface area contributed by atoms with Gasteiger partial charge >= 0.3 is 0 Å². The van der Waals surface area contributed by atoms with Gasteiger partial charge in [-0.15, -0.1) is 0 Å². The Morgan fingerprint density at radius 3 is 2.77 bits per heavy atom. The SMILES string of the molecule is C=C1C(=CC)OCCn2cc(-c3nc(C)nn3C(C)C)nc21. The lowest BCUT2D eigenvalue weighted by molar-refractivity contribution is 0.221. The topological polar surface area (TPSA) is 57.8 Å². The van der Waals surface area contributed by atoms with Gasteiger partial charge in [0.2, 0.25) is 0 Å². The second-order valence-electron chi connectivity index (χ2n) is 5.64. The highest BCUT2D eigenvalue weighted by molar-refractivity contribution is 5.73. The van der Waals surface area contributed by atoms with Crippen LogP contribution >= 0.6 is 0 Å². The van der Waals surface area contributed by atoms with Gasteiger partial charge in [0.05, 0.1) is 12.1 Å². The van der Waals surface area contributed by atoms with Crippen molar-refractivity contribution < 1.29 is 4.74 Å². The van der Waals surface area contributed by atoms with Crippen LogP contribution in [-0.2, 0) is 11.3 Å². The van der Waals surface area contributed by atoms with Crippen molar-refractivity contribution in [3.05, 3.63) is 36.3 Å². The molecule has 0 amide bonds. The van der Waals surface area contributed by atoms with Gasteiger partial charge in [-0.25, -0.2) is 14.6 Å². The standard InChI is InChI=1S/C16H21N5O/c1-6-14-11(4)15-18-13(9-20(15)7-8-22-14)16-17-12(5)19-21(16)10(2)3/h6,9-10H,4,7-8H2,1-3,5H3. The first-order valence-electron chi connectivity index (χ1n) is 7.50. The highest BCUT2D eigenvalue weighted by atomic mass is 16.5. The van der Waals surface area contributed by atoms with Crippen molar-refractivity contribution in [3.63, 3.8) is 0 Å². The zero-order valence-corrected chi connectivity index (χ0v) is 13.5. The molecule has 0 atom stereocenters. The summed E-state index contributed by atoms with van der Waals surface area (Å²) in [5.74, 6) is 3.17. The number of allylic oxidation sites excluding steroid dienone is 2. The molecule has 1 aliphatic rings. The third-order valence-electron chi connectivity index (χ3n) is 3.65. The molecule has 3 rings (SSSR count). The fourth-order valence-corrected chi connectivity index (χ4v) is 2.61. The Bertz CT molecular complexity index is 751. The predicted octanol–water partition coefficient (Wildman–Crippen LogP) is 2.98. The van der Waals surface area contributed by atoms with Gasteiger partial charge in [0.1, 0.15) is 29.7 Å². The lowest BCUT2D eigenvalue weighted by Gasteiger charge is -2.07. The molecule has 3 heterocycles. The Hall–Kier alpha value is -2.37. The predicted molar refractivity (Wildman–Crippen MR) is 85.1 cm³/mol. The van der Waals surface area contributed by atoms with Crippen molar-refractivity contribution in [1.82, 2.24) is 24.3 Å². The molecule has 0 radical (unpaired) electrons. The van der Waals surface area contributed by atoms with Crippen LogP contribution in [0.4, 0.5) is 0 Å². The average molecular weight is 299 g/mol. The maximum absolute atomic E-state index is 5.68. The number of imidazole rings is 1. The van der Waals surface area contributed by atoms with Crippen molar-refractivity contribution in [2.45, 2.75) is 40.3 Å². The molecule has 2 aromatic heterocycles. The van der Waals surface area contributed by atoms with Gasteiger partial charge in [0.25, 0.3) is 0 Å². The van der Waals surface area contributed by atoms with E-state index in [1.54, 1.807) is 0 Å². The van der Waals surface area contributed by atoms with Gasteiger partial charge in [0.15, 0.2) is 5.82 Å². The van der Waals surface area contributed by atoms with Crippen molar-refractivity contribution in [1.29, 1.82) is 0 Å².